The normalized spacial score (nSPS) is 17.0. The maximum absolute atomic E-state index is 12.3. The average Bonchev–Trinajstić information content (AvgIpc) is 2.53. The van der Waals surface area contributed by atoms with E-state index < -0.39 is 0 Å². The molecule has 0 bridgehead atoms. The number of ether oxygens (including phenoxy) is 1. The van der Waals surface area contributed by atoms with Gasteiger partial charge in [-0.2, -0.15) is 0 Å². The van der Waals surface area contributed by atoms with E-state index in [-0.39, 0.29) is 6.09 Å². The van der Waals surface area contributed by atoms with Crippen LogP contribution >= 0.6 is 15.9 Å². The van der Waals surface area contributed by atoms with Gasteiger partial charge in [-0.3, -0.25) is 0 Å². The van der Waals surface area contributed by atoms with Crippen LogP contribution < -0.4 is 0 Å². The minimum atomic E-state index is -0.249. The van der Waals surface area contributed by atoms with Gasteiger partial charge in [0.25, 0.3) is 0 Å². The first-order valence-corrected chi connectivity index (χ1v) is 8.17. The first-order valence-electron chi connectivity index (χ1n) is 7.37. The lowest BCUT2D eigenvalue weighted by molar-refractivity contribution is 0.0889. The van der Waals surface area contributed by atoms with E-state index in [0.717, 1.165) is 10.0 Å². The summed E-state index contributed by atoms with van der Waals surface area (Å²) < 4.78 is 6.48. The number of rotatable bonds is 2. The predicted octanol–water partition coefficient (Wildman–Crippen LogP) is 4.71. The number of amides is 1. The van der Waals surface area contributed by atoms with Crippen LogP contribution in [-0.2, 0) is 17.9 Å². The summed E-state index contributed by atoms with van der Waals surface area (Å²) in [4.78, 5) is 14.1. The van der Waals surface area contributed by atoms with Crippen molar-refractivity contribution < 1.29 is 9.53 Å². The Morgan fingerprint density at radius 3 is 2.82 bits per heavy atom. The molecule has 1 amide bonds. The van der Waals surface area contributed by atoms with Crippen molar-refractivity contribution in [3.63, 3.8) is 0 Å². The van der Waals surface area contributed by atoms with Crippen molar-refractivity contribution in [3.05, 3.63) is 69.7 Å². The lowest BCUT2D eigenvalue weighted by Crippen LogP contribution is -2.37. The molecule has 2 aromatic rings. The lowest BCUT2D eigenvalue weighted by atomic mass is 9.91. The molecule has 2 aromatic carbocycles. The van der Waals surface area contributed by atoms with Gasteiger partial charge in [0.15, 0.2) is 0 Å². The van der Waals surface area contributed by atoms with Crippen LogP contribution in [0.4, 0.5) is 4.79 Å². The average molecular weight is 360 g/mol. The van der Waals surface area contributed by atoms with Crippen molar-refractivity contribution in [1.29, 1.82) is 0 Å². The molecule has 0 fully saturated rings. The Hall–Kier alpha value is -1.81. The van der Waals surface area contributed by atoms with E-state index in [2.05, 4.69) is 41.1 Å². The summed E-state index contributed by atoms with van der Waals surface area (Å²) in [6.07, 6.45) is -0.249. The van der Waals surface area contributed by atoms with E-state index in [0.29, 0.717) is 25.6 Å². The molecule has 0 N–H and O–H groups in total. The summed E-state index contributed by atoms with van der Waals surface area (Å²) >= 11 is 3.49. The molecule has 3 nitrogen and oxygen atoms in total. The SMILES string of the molecule is CC1CN(C(=O)OCc2ccccc2)Cc2cc(Br)ccc21. The number of hydrogen-bond acceptors (Lipinski definition) is 2. The van der Waals surface area contributed by atoms with E-state index in [1.807, 2.05) is 30.3 Å². The minimum Gasteiger partial charge on any atom is -0.445 e. The van der Waals surface area contributed by atoms with E-state index in [1.54, 1.807) is 4.90 Å². The summed E-state index contributed by atoms with van der Waals surface area (Å²) in [5.41, 5.74) is 3.50. The highest BCUT2D eigenvalue weighted by molar-refractivity contribution is 9.10. The van der Waals surface area contributed by atoms with Crippen molar-refractivity contribution in [3.8, 4) is 0 Å². The molecule has 22 heavy (non-hydrogen) atoms. The highest BCUT2D eigenvalue weighted by Crippen LogP contribution is 2.30. The quantitative estimate of drug-likeness (QED) is 0.777. The van der Waals surface area contributed by atoms with Crippen LogP contribution in [0.1, 0.15) is 29.5 Å². The Balaban J connectivity index is 1.67. The second kappa shape index (κ2) is 6.53. The molecule has 0 saturated carbocycles. The number of hydrogen-bond donors (Lipinski definition) is 0. The molecule has 0 saturated heterocycles. The molecule has 0 aromatic heterocycles. The fourth-order valence-electron chi connectivity index (χ4n) is 2.84. The van der Waals surface area contributed by atoms with E-state index in [4.69, 9.17) is 4.74 Å². The zero-order chi connectivity index (χ0) is 15.5. The summed E-state index contributed by atoms with van der Waals surface area (Å²) in [6.45, 7) is 3.76. The second-order valence-corrected chi connectivity index (χ2v) is 6.58. The van der Waals surface area contributed by atoms with Crippen LogP contribution in [0, 0.1) is 0 Å². The van der Waals surface area contributed by atoms with E-state index in [9.17, 15) is 4.79 Å². The van der Waals surface area contributed by atoms with Gasteiger partial charge >= 0.3 is 6.09 Å². The standard InChI is InChI=1S/C18H18BrNO2/c1-13-10-20(11-15-9-16(19)7-8-17(13)15)18(21)22-12-14-5-3-2-4-6-14/h2-9,13H,10-12H2,1H3. The van der Waals surface area contributed by atoms with Gasteiger partial charge in [-0.05, 0) is 34.7 Å². The Morgan fingerprint density at radius 1 is 1.27 bits per heavy atom. The summed E-state index contributed by atoms with van der Waals surface area (Å²) in [5.74, 6) is 0.320. The third kappa shape index (κ3) is 3.33. The van der Waals surface area contributed by atoms with Crippen molar-refractivity contribution in [1.82, 2.24) is 4.90 Å². The molecule has 1 atom stereocenters. The third-order valence-corrected chi connectivity index (χ3v) is 4.45. The fourth-order valence-corrected chi connectivity index (χ4v) is 3.25. The highest BCUT2D eigenvalue weighted by atomic mass is 79.9. The van der Waals surface area contributed by atoms with Gasteiger partial charge in [0.05, 0.1) is 0 Å². The van der Waals surface area contributed by atoms with Crippen molar-refractivity contribution in [2.24, 2.45) is 0 Å². The highest BCUT2D eigenvalue weighted by Gasteiger charge is 2.26. The van der Waals surface area contributed by atoms with Gasteiger partial charge in [-0.1, -0.05) is 59.3 Å². The molecule has 4 heteroatoms. The van der Waals surface area contributed by atoms with Gasteiger partial charge in [0, 0.05) is 17.6 Å². The molecule has 1 aliphatic rings. The zero-order valence-corrected chi connectivity index (χ0v) is 14.0. The zero-order valence-electron chi connectivity index (χ0n) is 12.5. The summed E-state index contributed by atoms with van der Waals surface area (Å²) in [5, 5.41) is 0. The number of carbonyl (C=O) groups is 1. The van der Waals surface area contributed by atoms with Crippen molar-refractivity contribution >= 4 is 22.0 Å². The van der Waals surface area contributed by atoms with E-state index >= 15 is 0 Å². The van der Waals surface area contributed by atoms with Crippen LogP contribution in [0.15, 0.2) is 53.0 Å². The Morgan fingerprint density at radius 2 is 2.05 bits per heavy atom. The molecule has 0 spiro atoms. The largest absolute Gasteiger partial charge is 0.445 e. The number of fused-ring (bicyclic) bond motifs is 1. The topological polar surface area (TPSA) is 29.5 Å². The first kappa shape index (κ1) is 15.1. The molecular weight excluding hydrogens is 342 g/mol. The maximum atomic E-state index is 12.3. The number of halogens is 1. The third-order valence-electron chi connectivity index (χ3n) is 3.95. The summed E-state index contributed by atoms with van der Waals surface area (Å²) in [7, 11) is 0. The molecule has 0 radical (unpaired) electrons. The lowest BCUT2D eigenvalue weighted by Gasteiger charge is -2.32. The predicted molar refractivity (Wildman–Crippen MR) is 89.6 cm³/mol. The fraction of sp³-hybridized carbons (Fsp3) is 0.278. The molecule has 0 aliphatic carbocycles. The van der Waals surface area contributed by atoms with Gasteiger partial charge in [0.2, 0.25) is 0 Å². The molecule has 3 rings (SSSR count). The summed E-state index contributed by atoms with van der Waals surface area (Å²) in [6, 6.07) is 16.0. The van der Waals surface area contributed by atoms with Crippen molar-refractivity contribution in [2.45, 2.75) is 26.0 Å². The van der Waals surface area contributed by atoms with Gasteiger partial charge < -0.3 is 9.64 Å². The molecule has 1 aliphatic heterocycles. The van der Waals surface area contributed by atoms with Crippen LogP contribution in [0.25, 0.3) is 0 Å². The van der Waals surface area contributed by atoms with Crippen molar-refractivity contribution in [2.75, 3.05) is 6.54 Å². The Kier molecular flexibility index (Phi) is 4.48. The maximum Gasteiger partial charge on any atom is 0.410 e. The second-order valence-electron chi connectivity index (χ2n) is 5.66. The molecular formula is C18H18BrNO2. The molecule has 1 unspecified atom stereocenters. The van der Waals surface area contributed by atoms with Gasteiger partial charge in [0.1, 0.15) is 6.61 Å². The van der Waals surface area contributed by atoms with Gasteiger partial charge in [-0.15, -0.1) is 0 Å². The smallest absolute Gasteiger partial charge is 0.410 e. The van der Waals surface area contributed by atoms with Crippen LogP contribution in [0.5, 0.6) is 0 Å². The monoisotopic (exact) mass is 359 g/mol. The Labute approximate surface area is 139 Å². The molecule has 114 valence electrons. The van der Waals surface area contributed by atoms with E-state index in [1.165, 1.54) is 11.1 Å². The van der Waals surface area contributed by atoms with Crippen LogP contribution in [-0.4, -0.2) is 17.5 Å². The number of benzene rings is 2. The van der Waals surface area contributed by atoms with Crippen LogP contribution in [0.3, 0.4) is 0 Å². The minimum absolute atomic E-state index is 0.249. The van der Waals surface area contributed by atoms with Crippen LogP contribution in [0.2, 0.25) is 0 Å². The van der Waals surface area contributed by atoms with Gasteiger partial charge in [-0.25, -0.2) is 4.79 Å². The number of carbonyl (C=O) groups excluding carboxylic acids is 1. The first-order chi connectivity index (χ1) is 10.6. The number of nitrogens with zero attached hydrogens (tertiary/aromatic N) is 1. The molecule has 1 heterocycles. The Bertz CT molecular complexity index is 672.